The maximum atomic E-state index is 10.2. The first-order valence-corrected chi connectivity index (χ1v) is 5.06. The number of rotatable bonds is 4. The molecule has 76 valence electrons. The average molecular weight is 184 g/mol. The van der Waals surface area contributed by atoms with Crippen molar-refractivity contribution in [2.24, 2.45) is 0 Å². The zero-order valence-corrected chi connectivity index (χ0v) is 8.70. The van der Waals surface area contributed by atoms with E-state index in [1.807, 2.05) is 0 Å². The molecule has 1 atom stereocenters. The van der Waals surface area contributed by atoms with E-state index in [1.54, 1.807) is 0 Å². The van der Waals surface area contributed by atoms with Gasteiger partial charge in [-0.3, -0.25) is 0 Å². The van der Waals surface area contributed by atoms with Crippen LogP contribution in [0.3, 0.4) is 0 Å². The molecule has 1 heterocycles. The molecule has 0 spiro atoms. The van der Waals surface area contributed by atoms with Gasteiger partial charge < -0.3 is 14.6 Å². The Morgan fingerprint density at radius 3 is 3.00 bits per heavy atom. The highest BCUT2D eigenvalue weighted by molar-refractivity contribution is 5.49. The van der Waals surface area contributed by atoms with Gasteiger partial charge in [-0.05, 0) is 33.5 Å². The minimum absolute atomic E-state index is 0.652. The van der Waals surface area contributed by atoms with Crippen LogP contribution in [0.25, 0.3) is 0 Å². The highest BCUT2D eigenvalue weighted by Gasteiger charge is 2.20. The van der Waals surface area contributed by atoms with Crippen LogP contribution in [0.4, 0.5) is 0 Å². The minimum atomic E-state index is 0.652. The zero-order valence-electron chi connectivity index (χ0n) is 8.70. The van der Waals surface area contributed by atoms with E-state index in [0.29, 0.717) is 12.5 Å². The second kappa shape index (κ2) is 5.35. The van der Waals surface area contributed by atoms with E-state index in [2.05, 4.69) is 23.9 Å². The van der Waals surface area contributed by atoms with Gasteiger partial charge in [0.25, 0.3) is 0 Å². The summed E-state index contributed by atoms with van der Waals surface area (Å²) in [4.78, 5) is 14.9. The summed E-state index contributed by atoms with van der Waals surface area (Å²) in [6.45, 7) is 3.27. The lowest BCUT2D eigenvalue weighted by Crippen LogP contribution is -2.45. The van der Waals surface area contributed by atoms with Crippen LogP contribution in [-0.2, 0) is 4.79 Å². The van der Waals surface area contributed by atoms with Crippen LogP contribution < -0.4 is 0 Å². The molecule has 0 bridgehead atoms. The van der Waals surface area contributed by atoms with Crippen molar-refractivity contribution in [1.29, 1.82) is 0 Å². The maximum Gasteiger partial charge on any atom is 0.121 e. The van der Waals surface area contributed by atoms with Crippen molar-refractivity contribution in [2.75, 3.05) is 33.7 Å². The molecule has 1 saturated heterocycles. The van der Waals surface area contributed by atoms with Crippen LogP contribution in [0.1, 0.15) is 19.3 Å². The van der Waals surface area contributed by atoms with E-state index in [-0.39, 0.29) is 0 Å². The molecular formula is C10H20N2O. The van der Waals surface area contributed by atoms with Gasteiger partial charge in [0.2, 0.25) is 0 Å². The first-order chi connectivity index (χ1) is 6.24. The molecule has 3 nitrogen and oxygen atoms in total. The smallest absolute Gasteiger partial charge is 0.121 e. The number of likely N-dealkylation sites (tertiary alicyclic amines) is 1. The summed E-state index contributed by atoms with van der Waals surface area (Å²) >= 11 is 0. The van der Waals surface area contributed by atoms with Crippen LogP contribution in [0.15, 0.2) is 0 Å². The summed E-state index contributed by atoms with van der Waals surface area (Å²) in [5, 5.41) is 0. The summed E-state index contributed by atoms with van der Waals surface area (Å²) < 4.78 is 0. The Balaban J connectivity index is 2.27. The number of carbonyl (C=O) groups is 1. The Kier molecular flexibility index (Phi) is 4.39. The Morgan fingerprint density at radius 2 is 2.38 bits per heavy atom. The largest absolute Gasteiger partial charge is 0.305 e. The van der Waals surface area contributed by atoms with Crippen molar-refractivity contribution in [2.45, 2.75) is 25.3 Å². The molecule has 1 rings (SSSR count). The number of piperidine rings is 1. The molecule has 13 heavy (non-hydrogen) atoms. The Labute approximate surface area is 80.7 Å². The van der Waals surface area contributed by atoms with Gasteiger partial charge in [0.05, 0.1) is 0 Å². The van der Waals surface area contributed by atoms with Crippen molar-refractivity contribution in [1.82, 2.24) is 9.80 Å². The fourth-order valence-corrected chi connectivity index (χ4v) is 1.94. The van der Waals surface area contributed by atoms with Crippen molar-refractivity contribution >= 4 is 6.29 Å². The van der Waals surface area contributed by atoms with E-state index in [1.165, 1.54) is 19.4 Å². The molecule has 1 aliphatic rings. The minimum Gasteiger partial charge on any atom is -0.305 e. The van der Waals surface area contributed by atoms with E-state index in [0.717, 1.165) is 19.4 Å². The van der Waals surface area contributed by atoms with Crippen LogP contribution in [0.5, 0.6) is 0 Å². The van der Waals surface area contributed by atoms with Crippen LogP contribution >= 0.6 is 0 Å². The van der Waals surface area contributed by atoms with Crippen LogP contribution in [-0.4, -0.2) is 55.9 Å². The van der Waals surface area contributed by atoms with Crippen molar-refractivity contribution < 1.29 is 4.79 Å². The highest BCUT2D eigenvalue weighted by Crippen LogP contribution is 2.12. The van der Waals surface area contributed by atoms with Gasteiger partial charge in [-0.1, -0.05) is 0 Å². The topological polar surface area (TPSA) is 23.6 Å². The second-order valence-electron chi connectivity index (χ2n) is 3.99. The predicted octanol–water partition coefficient (Wildman–Crippen LogP) is 0.601. The maximum absolute atomic E-state index is 10.2. The van der Waals surface area contributed by atoms with Crippen molar-refractivity contribution in [3.05, 3.63) is 0 Å². The normalized spacial score (nSPS) is 25.0. The first-order valence-electron chi connectivity index (χ1n) is 5.06. The van der Waals surface area contributed by atoms with E-state index >= 15 is 0 Å². The second-order valence-corrected chi connectivity index (χ2v) is 3.99. The van der Waals surface area contributed by atoms with E-state index < -0.39 is 0 Å². The fraction of sp³-hybridized carbons (Fsp3) is 0.900. The molecule has 0 aromatic rings. The molecule has 3 heteroatoms. The molecule has 0 N–H and O–H groups in total. The van der Waals surface area contributed by atoms with Crippen molar-refractivity contribution in [3.63, 3.8) is 0 Å². The summed E-state index contributed by atoms with van der Waals surface area (Å²) in [6.07, 6.45) is 4.23. The highest BCUT2D eigenvalue weighted by atomic mass is 16.1. The molecule has 0 amide bonds. The van der Waals surface area contributed by atoms with E-state index in [4.69, 9.17) is 0 Å². The molecule has 1 fully saturated rings. The Morgan fingerprint density at radius 1 is 1.62 bits per heavy atom. The Hall–Kier alpha value is -0.410. The molecule has 1 unspecified atom stereocenters. The first kappa shape index (κ1) is 10.7. The SMILES string of the molecule is CN1CCCC(N(C)CCC=O)C1. The summed E-state index contributed by atoms with van der Waals surface area (Å²) in [6, 6.07) is 0.652. The molecule has 1 aliphatic heterocycles. The van der Waals surface area contributed by atoms with Gasteiger partial charge >= 0.3 is 0 Å². The Bertz CT molecular complexity index is 161. The quantitative estimate of drug-likeness (QED) is 0.598. The van der Waals surface area contributed by atoms with Gasteiger partial charge in [-0.25, -0.2) is 0 Å². The number of hydrogen-bond donors (Lipinski definition) is 0. The molecular weight excluding hydrogens is 164 g/mol. The number of nitrogens with zero attached hydrogens (tertiary/aromatic N) is 2. The molecule has 0 aromatic heterocycles. The summed E-state index contributed by atoms with van der Waals surface area (Å²) in [5.74, 6) is 0. The molecule has 0 aliphatic carbocycles. The number of carbonyl (C=O) groups excluding carboxylic acids is 1. The molecule has 0 aromatic carbocycles. The predicted molar refractivity (Wildman–Crippen MR) is 53.8 cm³/mol. The third-order valence-electron chi connectivity index (χ3n) is 2.82. The third kappa shape index (κ3) is 3.44. The van der Waals surface area contributed by atoms with E-state index in [9.17, 15) is 4.79 Å². The lowest BCUT2D eigenvalue weighted by Gasteiger charge is -2.35. The monoisotopic (exact) mass is 184 g/mol. The average Bonchev–Trinajstić information content (AvgIpc) is 2.14. The van der Waals surface area contributed by atoms with Crippen molar-refractivity contribution in [3.8, 4) is 0 Å². The van der Waals surface area contributed by atoms with Gasteiger partial charge in [-0.15, -0.1) is 0 Å². The summed E-state index contributed by atoms with van der Waals surface area (Å²) in [7, 11) is 4.28. The lowest BCUT2D eigenvalue weighted by atomic mass is 10.1. The standard InChI is InChI=1S/C10H20N2O/c1-11-6-3-5-10(9-11)12(2)7-4-8-13/h8,10H,3-7,9H2,1-2H3. The zero-order chi connectivity index (χ0) is 9.68. The van der Waals surface area contributed by atoms with Crippen LogP contribution in [0, 0.1) is 0 Å². The van der Waals surface area contributed by atoms with Gasteiger partial charge in [0.15, 0.2) is 0 Å². The summed E-state index contributed by atoms with van der Waals surface area (Å²) in [5.41, 5.74) is 0. The molecule has 0 radical (unpaired) electrons. The lowest BCUT2D eigenvalue weighted by molar-refractivity contribution is -0.108. The fourth-order valence-electron chi connectivity index (χ4n) is 1.94. The number of likely N-dealkylation sites (N-methyl/N-ethyl adjacent to an activating group) is 2. The number of hydrogen-bond acceptors (Lipinski definition) is 3. The third-order valence-corrected chi connectivity index (χ3v) is 2.82. The van der Waals surface area contributed by atoms with Gasteiger partial charge in [-0.2, -0.15) is 0 Å². The number of aldehydes is 1. The van der Waals surface area contributed by atoms with Gasteiger partial charge in [0, 0.05) is 25.6 Å². The molecule has 0 saturated carbocycles. The van der Waals surface area contributed by atoms with Crippen LogP contribution in [0.2, 0.25) is 0 Å². The van der Waals surface area contributed by atoms with Gasteiger partial charge in [0.1, 0.15) is 6.29 Å².